The van der Waals surface area contributed by atoms with Gasteiger partial charge in [-0.2, -0.15) is 53.8 Å². The molecule has 6 atom stereocenters. The number of hydrogen-bond acceptors (Lipinski definition) is 19. The zero-order valence-electron chi connectivity index (χ0n) is 53.1. The van der Waals surface area contributed by atoms with Crippen LogP contribution in [-0.4, -0.2) is 189 Å². The third kappa shape index (κ3) is 11.0. The summed E-state index contributed by atoms with van der Waals surface area (Å²) in [6, 6.07) is 23.0. The van der Waals surface area contributed by atoms with Crippen molar-refractivity contribution in [2.45, 2.75) is 140 Å². The molecule has 0 spiro atoms. The molecule has 0 bridgehead atoms. The van der Waals surface area contributed by atoms with Crippen LogP contribution in [0.2, 0.25) is 0 Å². The Bertz CT molecular complexity index is 4190. The van der Waals surface area contributed by atoms with Crippen molar-refractivity contribution in [2.24, 2.45) is 0 Å². The molecule has 28 heteroatoms. The van der Waals surface area contributed by atoms with Gasteiger partial charge in [0.05, 0.1) is 35.2 Å². The summed E-state index contributed by atoms with van der Waals surface area (Å²) in [5, 5.41) is 20.0. The number of anilines is 3. The van der Waals surface area contributed by atoms with Gasteiger partial charge in [-0.3, -0.25) is 12.9 Å². The first-order valence-corrected chi connectivity index (χ1v) is 34.7. The molecule has 6 aliphatic heterocycles. The van der Waals surface area contributed by atoms with E-state index in [1.807, 2.05) is 77.9 Å². The maximum absolute atomic E-state index is 13.7. The van der Waals surface area contributed by atoms with Crippen molar-refractivity contribution in [2.75, 3.05) is 79.9 Å². The Labute approximate surface area is 525 Å². The van der Waals surface area contributed by atoms with Gasteiger partial charge in [0, 0.05) is 79.3 Å². The molecule has 9 aromatic rings. The quantitative estimate of drug-likeness (QED) is 0.196. The van der Waals surface area contributed by atoms with Crippen LogP contribution in [0.3, 0.4) is 0 Å². The lowest BCUT2D eigenvalue weighted by atomic mass is 9.89. The molecule has 0 aliphatic carbocycles. The van der Waals surface area contributed by atoms with Gasteiger partial charge in [-0.25, -0.2) is 15.0 Å². The molecular formula is C62H78N18O7S3. The van der Waals surface area contributed by atoms with Crippen LogP contribution in [0.15, 0.2) is 88.3 Å². The summed E-state index contributed by atoms with van der Waals surface area (Å²) in [5.41, 5.74) is 12.8. The number of benzene rings is 3. The second-order valence-corrected chi connectivity index (χ2v) is 30.0. The largest absolute Gasteiger partial charge is 0.397 e. The highest BCUT2D eigenvalue weighted by molar-refractivity contribution is 7.93. The molecule has 3 aromatic carbocycles. The average molecular weight is 1280 g/mol. The van der Waals surface area contributed by atoms with Gasteiger partial charge in [-0.15, -0.1) is 15.3 Å². The number of aliphatic hydroxyl groups excluding tert-OH is 1. The van der Waals surface area contributed by atoms with Gasteiger partial charge in [0.2, 0.25) is 0 Å². The Balaban J connectivity index is 0.000000128. The fourth-order valence-electron chi connectivity index (χ4n) is 14.1. The minimum absolute atomic E-state index is 0.111. The van der Waals surface area contributed by atoms with Crippen LogP contribution in [0.1, 0.15) is 112 Å². The second kappa shape index (κ2) is 23.6. The highest BCUT2D eigenvalue weighted by atomic mass is 32.2. The number of hydrogen-bond donors (Lipinski definition) is 1. The van der Waals surface area contributed by atoms with Gasteiger partial charge in [-0.1, -0.05) is 53.1 Å². The van der Waals surface area contributed by atoms with E-state index < -0.39 is 30.1 Å². The first-order chi connectivity index (χ1) is 42.7. The normalized spacial score (nSPS) is 21.6. The molecule has 0 saturated carbocycles. The molecule has 0 unspecified atom stereocenters. The number of aliphatic hydroxyl groups is 1. The van der Waals surface area contributed by atoms with Crippen LogP contribution in [-0.2, 0) is 30.1 Å². The van der Waals surface area contributed by atoms with E-state index in [1.165, 1.54) is 13.5 Å². The van der Waals surface area contributed by atoms with Crippen molar-refractivity contribution >= 4 is 64.1 Å². The van der Waals surface area contributed by atoms with Crippen LogP contribution in [0, 0.1) is 62.3 Å². The number of likely N-dealkylation sites (N-methyl/N-ethyl adjacent to an activating group) is 3. The summed E-state index contributed by atoms with van der Waals surface area (Å²) in [4.78, 5) is 33.0. The molecule has 3 fully saturated rings. The minimum Gasteiger partial charge on any atom is -0.397 e. The van der Waals surface area contributed by atoms with Crippen molar-refractivity contribution in [3.63, 3.8) is 0 Å². The zero-order valence-corrected chi connectivity index (χ0v) is 55.6. The molecule has 0 radical (unpaired) electrons. The monoisotopic (exact) mass is 1280 g/mol. The molecule has 1 N–H and O–H groups in total. The number of sulfonamides is 3. The van der Waals surface area contributed by atoms with E-state index in [0.717, 1.165) is 126 Å². The fraction of sp³-hybridized carbons (Fsp3) is 0.468. The third-order valence-electron chi connectivity index (χ3n) is 18.0. The number of aromatic nitrogens is 12. The van der Waals surface area contributed by atoms with Crippen LogP contribution in [0.4, 0.5) is 17.1 Å². The summed E-state index contributed by atoms with van der Waals surface area (Å²) >= 11 is 0. The molecule has 15 rings (SSSR count). The average Bonchev–Trinajstić information content (AvgIpc) is 1.59. The maximum atomic E-state index is 13.7. The second-order valence-electron chi connectivity index (χ2n) is 24.9. The van der Waals surface area contributed by atoms with E-state index in [1.54, 1.807) is 58.8 Å². The molecule has 3 saturated heterocycles. The SMILES string of the molecule is CCO.Cc1ccc2c(c1)[C@@H]1CN(C)CC[C@@H]1N2S(=O)(=O)c1nc2cc(C)nc(C)n2n1.Cc1ccc2c(c1)[C@@H]1CN(C)CC[C@@H]1N2S(=O)(=O)c1nc2cc(C)nc(C)n2n1.Cc1ccc2c(c1)[C@@H]1CN(C)CC[C@@H]1N2S(=O)(=O)c1nc2cc(C)nc(C)n2n1. The van der Waals surface area contributed by atoms with Gasteiger partial charge in [-0.05, 0) is 164 Å². The van der Waals surface area contributed by atoms with Crippen LogP contribution in [0.25, 0.3) is 16.9 Å². The third-order valence-corrected chi connectivity index (χ3v) is 22.8. The van der Waals surface area contributed by atoms with Gasteiger partial charge < -0.3 is 19.8 Å². The van der Waals surface area contributed by atoms with Crippen molar-refractivity contribution in [3.8, 4) is 0 Å². The van der Waals surface area contributed by atoms with Gasteiger partial charge in [0.25, 0.3) is 15.5 Å². The maximum Gasteiger partial charge on any atom is 0.302 e. The van der Waals surface area contributed by atoms with E-state index >= 15 is 0 Å². The number of rotatable bonds is 6. The van der Waals surface area contributed by atoms with Crippen LogP contribution in [0.5, 0.6) is 0 Å². The zero-order chi connectivity index (χ0) is 64.2. The molecule has 25 nitrogen and oxygen atoms in total. The summed E-state index contributed by atoms with van der Waals surface area (Å²) in [6.07, 6.45) is 2.34. The number of likely N-dealkylation sites (tertiary alicyclic amines) is 3. The first kappa shape index (κ1) is 62.6. The van der Waals surface area contributed by atoms with Crippen molar-refractivity contribution in [1.82, 2.24) is 73.4 Å². The lowest BCUT2D eigenvalue weighted by molar-refractivity contribution is 0.237. The highest BCUT2D eigenvalue weighted by Crippen LogP contribution is 2.50. The number of nitrogens with zero attached hydrogens (tertiary/aromatic N) is 18. The molecule has 90 heavy (non-hydrogen) atoms. The predicted octanol–water partition coefficient (Wildman–Crippen LogP) is 6.14. The Morgan fingerprint density at radius 2 is 0.667 bits per heavy atom. The number of aryl methyl sites for hydroxylation is 9. The standard InChI is InChI=1S/3C20H24N6O2S.C2H6O/c3*1-12-5-6-17-15(9-12)16-11-24(4)8-7-18(16)26(17)29(27,28)20-22-19-10-13(2)21-14(3)25(19)23-20;1-2-3/h3*5-6,9-10,16,18H,7-8,11H2,1-4H3;3H,2H2,1H3/t3*16-,18-;/m000./s1. The molecular weight excluding hydrogens is 1210 g/mol. The Morgan fingerprint density at radius 3 is 0.922 bits per heavy atom. The van der Waals surface area contributed by atoms with E-state index in [0.29, 0.717) is 34.4 Å². The molecule has 6 aliphatic rings. The minimum atomic E-state index is -3.90. The predicted molar refractivity (Wildman–Crippen MR) is 342 cm³/mol. The number of piperidine rings is 3. The fourth-order valence-corrected chi connectivity index (χ4v) is 18.9. The van der Waals surface area contributed by atoms with E-state index in [2.05, 4.69) is 99.2 Å². The highest BCUT2D eigenvalue weighted by Gasteiger charge is 2.51. The van der Waals surface area contributed by atoms with Gasteiger partial charge in [0.15, 0.2) is 16.9 Å². The first-order valence-electron chi connectivity index (χ1n) is 30.4. The van der Waals surface area contributed by atoms with Crippen LogP contribution >= 0.6 is 0 Å². The van der Waals surface area contributed by atoms with Gasteiger partial charge >= 0.3 is 30.1 Å². The topological polar surface area (TPSA) is 271 Å². The summed E-state index contributed by atoms with van der Waals surface area (Å²) in [7, 11) is -5.44. The van der Waals surface area contributed by atoms with Crippen molar-refractivity contribution < 1.29 is 30.4 Å². The van der Waals surface area contributed by atoms with E-state index in [-0.39, 0.29) is 58.0 Å². The molecule has 6 aromatic heterocycles. The Morgan fingerprint density at radius 1 is 0.411 bits per heavy atom. The summed E-state index contributed by atoms with van der Waals surface area (Å²) in [5.74, 6) is 2.30. The van der Waals surface area contributed by atoms with Gasteiger partial charge in [0.1, 0.15) is 17.5 Å². The summed E-state index contributed by atoms with van der Waals surface area (Å²) < 4.78 is 91.6. The Kier molecular flexibility index (Phi) is 16.4. The van der Waals surface area contributed by atoms with E-state index in [9.17, 15) is 25.3 Å². The van der Waals surface area contributed by atoms with Crippen LogP contribution < -0.4 is 12.9 Å². The summed E-state index contributed by atoms with van der Waals surface area (Å²) in [6.45, 7) is 24.1. The van der Waals surface area contributed by atoms with Crippen molar-refractivity contribution in [3.05, 3.63) is 141 Å². The van der Waals surface area contributed by atoms with Crippen molar-refractivity contribution in [1.29, 1.82) is 0 Å². The Hall–Kier alpha value is -7.60. The lowest BCUT2D eigenvalue weighted by Gasteiger charge is -2.36. The lowest BCUT2D eigenvalue weighted by Crippen LogP contribution is -2.47. The number of fused-ring (bicyclic) bond motifs is 12. The molecule has 476 valence electrons. The smallest absolute Gasteiger partial charge is 0.302 e. The molecule has 0 amide bonds. The van der Waals surface area contributed by atoms with E-state index in [4.69, 9.17) is 5.11 Å². The molecule has 12 heterocycles.